The van der Waals surface area contributed by atoms with Crippen molar-refractivity contribution in [3.63, 3.8) is 0 Å². The van der Waals surface area contributed by atoms with Crippen LogP contribution in [0.2, 0.25) is 0 Å². The highest BCUT2D eigenvalue weighted by atomic mass is 16.5. The molecule has 0 saturated heterocycles. The zero-order valence-electron chi connectivity index (χ0n) is 18.1. The van der Waals surface area contributed by atoms with E-state index in [1.165, 1.54) is 25.7 Å². The molecule has 0 spiro atoms. The fraction of sp³-hybridized carbons (Fsp3) is 0.913. The van der Waals surface area contributed by atoms with Crippen molar-refractivity contribution in [2.75, 3.05) is 13.2 Å². The summed E-state index contributed by atoms with van der Waals surface area (Å²) >= 11 is 0. The number of carbonyl (C=O) groups excluding carboxylic acids is 2. The van der Waals surface area contributed by atoms with Crippen molar-refractivity contribution in [3.8, 4) is 0 Å². The molecule has 4 nitrogen and oxygen atoms in total. The third-order valence-corrected chi connectivity index (χ3v) is 5.50. The van der Waals surface area contributed by atoms with Gasteiger partial charge in [-0.2, -0.15) is 0 Å². The molecular formula is C23H42O4. The Hall–Kier alpha value is -1.06. The average Bonchev–Trinajstić information content (AvgIpc) is 2.63. The maximum atomic E-state index is 12.2. The van der Waals surface area contributed by atoms with E-state index < -0.39 is 0 Å². The normalized spacial score (nSPS) is 20.1. The molecule has 0 radical (unpaired) electrons. The Morgan fingerprint density at radius 1 is 0.667 bits per heavy atom. The summed E-state index contributed by atoms with van der Waals surface area (Å²) in [5.74, 6) is 1.12. The Morgan fingerprint density at radius 2 is 1.11 bits per heavy atom. The molecule has 0 aromatic carbocycles. The summed E-state index contributed by atoms with van der Waals surface area (Å²) in [6.07, 6.45) is 11.1. The van der Waals surface area contributed by atoms with Crippen molar-refractivity contribution >= 4 is 11.9 Å². The fourth-order valence-corrected chi connectivity index (χ4v) is 3.55. The second-order valence-electron chi connectivity index (χ2n) is 9.02. The van der Waals surface area contributed by atoms with Gasteiger partial charge < -0.3 is 9.47 Å². The van der Waals surface area contributed by atoms with E-state index in [0.29, 0.717) is 19.1 Å². The van der Waals surface area contributed by atoms with Gasteiger partial charge in [-0.15, -0.1) is 0 Å². The lowest BCUT2D eigenvalue weighted by atomic mass is 9.82. The van der Waals surface area contributed by atoms with Crippen LogP contribution < -0.4 is 0 Å². The summed E-state index contributed by atoms with van der Waals surface area (Å²) in [6, 6.07) is 0. The van der Waals surface area contributed by atoms with Gasteiger partial charge in [-0.25, -0.2) is 0 Å². The standard InChI is InChI=1S/C23H42O4/c1-18(2)10-8-6-5-7-9-16-26-22(24)20-11-13-21(14-12-20)23(25)27-17-15-19(3)4/h18-21H,5-17H2,1-4H3. The first-order valence-electron chi connectivity index (χ1n) is 11.2. The second-order valence-corrected chi connectivity index (χ2v) is 9.02. The lowest BCUT2D eigenvalue weighted by molar-refractivity contribution is -0.155. The zero-order chi connectivity index (χ0) is 20.1. The lowest BCUT2D eigenvalue weighted by Crippen LogP contribution is -2.28. The number of esters is 2. The zero-order valence-corrected chi connectivity index (χ0v) is 18.1. The van der Waals surface area contributed by atoms with Crippen molar-refractivity contribution in [2.45, 2.75) is 98.3 Å². The predicted octanol–water partition coefficient (Wildman–Crippen LogP) is 5.92. The highest BCUT2D eigenvalue weighted by Gasteiger charge is 2.31. The lowest BCUT2D eigenvalue weighted by Gasteiger charge is -2.26. The Morgan fingerprint density at radius 3 is 1.63 bits per heavy atom. The molecule has 27 heavy (non-hydrogen) atoms. The molecule has 0 heterocycles. The van der Waals surface area contributed by atoms with Gasteiger partial charge in [0.15, 0.2) is 0 Å². The van der Waals surface area contributed by atoms with Crippen LogP contribution in [-0.2, 0) is 19.1 Å². The number of unbranched alkanes of at least 4 members (excludes halogenated alkanes) is 4. The van der Waals surface area contributed by atoms with E-state index in [9.17, 15) is 9.59 Å². The van der Waals surface area contributed by atoms with Crippen molar-refractivity contribution in [3.05, 3.63) is 0 Å². The highest BCUT2D eigenvalue weighted by molar-refractivity contribution is 5.75. The molecule has 0 aromatic heterocycles. The SMILES string of the molecule is CC(C)CCCCCCCOC(=O)C1CCC(C(=O)OCCC(C)C)CC1. The smallest absolute Gasteiger partial charge is 0.308 e. The first-order chi connectivity index (χ1) is 12.9. The minimum atomic E-state index is -0.0834. The third-order valence-electron chi connectivity index (χ3n) is 5.50. The number of hydrogen-bond donors (Lipinski definition) is 0. The van der Waals surface area contributed by atoms with Gasteiger partial charge in [0.1, 0.15) is 0 Å². The van der Waals surface area contributed by atoms with E-state index in [4.69, 9.17) is 9.47 Å². The molecule has 0 atom stereocenters. The number of ether oxygens (including phenoxy) is 2. The summed E-state index contributed by atoms with van der Waals surface area (Å²) in [5.41, 5.74) is 0. The molecule has 0 bridgehead atoms. The van der Waals surface area contributed by atoms with Crippen LogP contribution in [0.3, 0.4) is 0 Å². The molecule has 1 fully saturated rings. The van der Waals surface area contributed by atoms with Gasteiger partial charge in [-0.05, 0) is 50.4 Å². The molecule has 1 aliphatic rings. The van der Waals surface area contributed by atoms with Crippen molar-refractivity contribution < 1.29 is 19.1 Å². The number of carbonyl (C=O) groups is 2. The van der Waals surface area contributed by atoms with E-state index in [-0.39, 0.29) is 23.8 Å². The van der Waals surface area contributed by atoms with Crippen molar-refractivity contribution in [1.29, 1.82) is 0 Å². The van der Waals surface area contributed by atoms with Crippen molar-refractivity contribution in [2.24, 2.45) is 23.7 Å². The number of hydrogen-bond acceptors (Lipinski definition) is 4. The molecule has 0 unspecified atom stereocenters. The second kappa shape index (κ2) is 14.0. The first kappa shape index (κ1) is 24.0. The summed E-state index contributed by atoms with van der Waals surface area (Å²) < 4.78 is 10.8. The van der Waals surface area contributed by atoms with Crippen LogP contribution in [0.25, 0.3) is 0 Å². The molecule has 0 amide bonds. The third kappa shape index (κ3) is 11.4. The monoisotopic (exact) mass is 382 g/mol. The summed E-state index contributed by atoms with van der Waals surface area (Å²) in [6.45, 7) is 9.83. The molecule has 1 saturated carbocycles. The van der Waals surface area contributed by atoms with E-state index in [2.05, 4.69) is 27.7 Å². The minimum Gasteiger partial charge on any atom is -0.465 e. The molecule has 0 N–H and O–H groups in total. The molecule has 1 aliphatic carbocycles. The predicted molar refractivity (Wildman–Crippen MR) is 109 cm³/mol. The van der Waals surface area contributed by atoms with Crippen LogP contribution >= 0.6 is 0 Å². The topological polar surface area (TPSA) is 52.6 Å². The van der Waals surface area contributed by atoms with E-state index >= 15 is 0 Å². The maximum absolute atomic E-state index is 12.2. The Labute approximate surface area is 166 Å². The highest BCUT2D eigenvalue weighted by Crippen LogP contribution is 2.30. The van der Waals surface area contributed by atoms with Crippen LogP contribution in [0.1, 0.15) is 98.3 Å². The van der Waals surface area contributed by atoms with Crippen molar-refractivity contribution in [1.82, 2.24) is 0 Å². The van der Waals surface area contributed by atoms with Gasteiger partial charge in [0.2, 0.25) is 0 Å². The van der Waals surface area contributed by atoms with E-state index in [1.807, 2.05) is 0 Å². The number of rotatable bonds is 13. The maximum Gasteiger partial charge on any atom is 0.308 e. The average molecular weight is 383 g/mol. The van der Waals surface area contributed by atoms with Gasteiger partial charge in [0, 0.05) is 0 Å². The summed E-state index contributed by atoms with van der Waals surface area (Å²) in [5, 5.41) is 0. The minimum absolute atomic E-state index is 0.0317. The molecule has 4 heteroatoms. The van der Waals surface area contributed by atoms with E-state index in [1.54, 1.807) is 0 Å². The van der Waals surface area contributed by atoms with Crippen LogP contribution in [0, 0.1) is 23.7 Å². The Bertz CT molecular complexity index is 409. The largest absolute Gasteiger partial charge is 0.465 e. The van der Waals surface area contributed by atoms with Crippen LogP contribution in [0.15, 0.2) is 0 Å². The fourth-order valence-electron chi connectivity index (χ4n) is 3.55. The molecule has 0 aromatic rings. The first-order valence-corrected chi connectivity index (χ1v) is 11.2. The van der Waals surface area contributed by atoms with Gasteiger partial charge >= 0.3 is 11.9 Å². The molecular weight excluding hydrogens is 340 g/mol. The van der Waals surface area contributed by atoms with Crippen LogP contribution in [-0.4, -0.2) is 25.2 Å². The van der Waals surface area contributed by atoms with Crippen LogP contribution in [0.5, 0.6) is 0 Å². The Kier molecular flexibility index (Phi) is 12.4. The molecule has 1 rings (SSSR count). The Balaban J connectivity index is 2.06. The van der Waals surface area contributed by atoms with Gasteiger partial charge in [0.25, 0.3) is 0 Å². The quantitative estimate of drug-likeness (QED) is 0.293. The molecule has 158 valence electrons. The van der Waals surface area contributed by atoms with Gasteiger partial charge in [-0.3, -0.25) is 9.59 Å². The van der Waals surface area contributed by atoms with Gasteiger partial charge in [-0.1, -0.05) is 59.8 Å². The summed E-state index contributed by atoms with van der Waals surface area (Å²) in [7, 11) is 0. The van der Waals surface area contributed by atoms with E-state index in [0.717, 1.165) is 50.9 Å². The molecule has 0 aliphatic heterocycles. The summed E-state index contributed by atoms with van der Waals surface area (Å²) in [4.78, 5) is 24.3. The van der Waals surface area contributed by atoms with Crippen LogP contribution in [0.4, 0.5) is 0 Å². The van der Waals surface area contributed by atoms with Gasteiger partial charge in [0.05, 0.1) is 25.0 Å².